The van der Waals surface area contributed by atoms with E-state index < -0.39 is 0 Å². The Morgan fingerprint density at radius 1 is 1.11 bits per heavy atom. The predicted octanol–water partition coefficient (Wildman–Crippen LogP) is 3.85. The Labute approximate surface area is 164 Å². The maximum Gasteiger partial charge on any atom is 0.255 e. The maximum absolute atomic E-state index is 12.5. The van der Waals surface area contributed by atoms with Crippen LogP contribution >= 0.6 is 15.9 Å². The SMILES string of the molecule is COc1ccc(NC(=O)c2ccc(-n3cc(Br)cn3)cc2)cc1NC(C)=O. The summed E-state index contributed by atoms with van der Waals surface area (Å²) in [7, 11) is 1.51. The third kappa shape index (κ3) is 4.53. The number of nitrogens with one attached hydrogen (secondary N) is 2. The minimum Gasteiger partial charge on any atom is -0.495 e. The molecule has 1 heterocycles. The van der Waals surface area contributed by atoms with Crippen LogP contribution in [-0.2, 0) is 4.79 Å². The molecule has 2 amide bonds. The van der Waals surface area contributed by atoms with Crippen LogP contribution in [-0.4, -0.2) is 28.7 Å². The number of rotatable bonds is 5. The van der Waals surface area contributed by atoms with Gasteiger partial charge in [0.15, 0.2) is 0 Å². The zero-order valence-corrected chi connectivity index (χ0v) is 16.3. The quantitative estimate of drug-likeness (QED) is 0.645. The number of amides is 2. The Morgan fingerprint density at radius 2 is 1.85 bits per heavy atom. The first-order valence-corrected chi connectivity index (χ1v) is 8.83. The van der Waals surface area contributed by atoms with E-state index in [1.165, 1.54) is 14.0 Å². The number of benzene rings is 2. The molecule has 0 aliphatic carbocycles. The molecule has 0 saturated heterocycles. The molecule has 0 aliphatic rings. The summed E-state index contributed by atoms with van der Waals surface area (Å²) >= 11 is 3.35. The summed E-state index contributed by atoms with van der Waals surface area (Å²) in [5.41, 5.74) is 2.38. The normalized spacial score (nSPS) is 10.3. The van der Waals surface area contributed by atoms with Crippen LogP contribution in [0.1, 0.15) is 17.3 Å². The van der Waals surface area contributed by atoms with Gasteiger partial charge in [0.1, 0.15) is 5.75 Å². The van der Waals surface area contributed by atoms with E-state index >= 15 is 0 Å². The lowest BCUT2D eigenvalue weighted by molar-refractivity contribution is -0.114. The lowest BCUT2D eigenvalue weighted by Crippen LogP contribution is -2.13. The summed E-state index contributed by atoms with van der Waals surface area (Å²) < 4.78 is 7.79. The first kappa shape index (κ1) is 18.7. The van der Waals surface area contributed by atoms with Gasteiger partial charge < -0.3 is 15.4 Å². The number of carbonyl (C=O) groups excluding carboxylic acids is 2. The fourth-order valence-corrected chi connectivity index (χ4v) is 2.77. The molecule has 0 bridgehead atoms. The summed E-state index contributed by atoms with van der Waals surface area (Å²) in [6, 6.07) is 12.1. The van der Waals surface area contributed by atoms with Crippen LogP contribution in [0.4, 0.5) is 11.4 Å². The number of aromatic nitrogens is 2. The minimum absolute atomic E-state index is 0.224. The van der Waals surface area contributed by atoms with Gasteiger partial charge in [0.2, 0.25) is 5.91 Å². The number of hydrogen-bond donors (Lipinski definition) is 2. The lowest BCUT2D eigenvalue weighted by atomic mass is 10.2. The summed E-state index contributed by atoms with van der Waals surface area (Å²) in [4.78, 5) is 23.8. The molecule has 2 aromatic carbocycles. The average molecular weight is 429 g/mol. The summed E-state index contributed by atoms with van der Waals surface area (Å²) in [5, 5.41) is 9.69. The molecule has 7 nitrogen and oxygen atoms in total. The monoisotopic (exact) mass is 428 g/mol. The van der Waals surface area contributed by atoms with Crippen molar-refractivity contribution in [3.63, 3.8) is 0 Å². The molecule has 2 N–H and O–H groups in total. The molecule has 0 saturated carbocycles. The number of methoxy groups -OCH3 is 1. The average Bonchev–Trinajstić information content (AvgIpc) is 3.08. The maximum atomic E-state index is 12.5. The molecular formula is C19H17BrN4O3. The van der Waals surface area contributed by atoms with Crippen molar-refractivity contribution in [2.45, 2.75) is 6.92 Å². The number of hydrogen-bond acceptors (Lipinski definition) is 4. The number of halogens is 1. The molecule has 0 aliphatic heterocycles. The fraction of sp³-hybridized carbons (Fsp3) is 0.105. The van der Waals surface area contributed by atoms with Gasteiger partial charge in [-0.25, -0.2) is 4.68 Å². The van der Waals surface area contributed by atoms with Gasteiger partial charge in [-0.15, -0.1) is 0 Å². The molecule has 0 fully saturated rings. The Bertz CT molecular complexity index is 983. The second-order valence-corrected chi connectivity index (χ2v) is 6.62. The highest BCUT2D eigenvalue weighted by Gasteiger charge is 2.10. The van der Waals surface area contributed by atoms with Crippen LogP contribution in [0, 0.1) is 0 Å². The zero-order valence-electron chi connectivity index (χ0n) is 14.7. The number of anilines is 2. The van der Waals surface area contributed by atoms with Crippen molar-refractivity contribution >= 4 is 39.1 Å². The van der Waals surface area contributed by atoms with Crippen LogP contribution in [0.3, 0.4) is 0 Å². The van der Waals surface area contributed by atoms with Gasteiger partial charge in [0.05, 0.1) is 29.2 Å². The highest BCUT2D eigenvalue weighted by Crippen LogP contribution is 2.28. The number of ether oxygens (including phenoxy) is 1. The van der Waals surface area contributed by atoms with Crippen LogP contribution in [0.2, 0.25) is 0 Å². The molecule has 27 heavy (non-hydrogen) atoms. The van der Waals surface area contributed by atoms with Gasteiger partial charge in [-0.05, 0) is 58.4 Å². The van der Waals surface area contributed by atoms with E-state index in [9.17, 15) is 9.59 Å². The Morgan fingerprint density at radius 3 is 2.44 bits per heavy atom. The molecule has 0 unspecified atom stereocenters. The molecule has 0 spiro atoms. The second-order valence-electron chi connectivity index (χ2n) is 5.70. The standard InChI is InChI=1S/C19H17BrN4O3/c1-12(25)22-17-9-15(5-8-18(17)27-2)23-19(26)13-3-6-16(7-4-13)24-11-14(20)10-21-24/h3-11H,1-2H3,(H,22,25)(H,23,26). The molecule has 0 atom stereocenters. The third-order valence-corrected chi connectivity index (χ3v) is 4.12. The van der Waals surface area contributed by atoms with E-state index in [1.54, 1.807) is 41.2 Å². The molecule has 8 heteroatoms. The molecule has 0 radical (unpaired) electrons. The lowest BCUT2D eigenvalue weighted by Gasteiger charge is -2.12. The van der Waals surface area contributed by atoms with Crippen LogP contribution in [0.5, 0.6) is 5.75 Å². The highest BCUT2D eigenvalue weighted by atomic mass is 79.9. The van der Waals surface area contributed by atoms with Gasteiger partial charge >= 0.3 is 0 Å². The predicted molar refractivity (Wildman–Crippen MR) is 107 cm³/mol. The van der Waals surface area contributed by atoms with Crippen molar-refractivity contribution in [3.05, 3.63) is 64.9 Å². The highest BCUT2D eigenvalue weighted by molar-refractivity contribution is 9.10. The second kappa shape index (κ2) is 8.05. The Kier molecular flexibility index (Phi) is 5.56. The summed E-state index contributed by atoms with van der Waals surface area (Å²) in [6.07, 6.45) is 3.52. The van der Waals surface area contributed by atoms with E-state index in [-0.39, 0.29) is 11.8 Å². The topological polar surface area (TPSA) is 85.2 Å². The number of carbonyl (C=O) groups is 2. The van der Waals surface area contributed by atoms with E-state index in [4.69, 9.17) is 4.74 Å². The van der Waals surface area contributed by atoms with E-state index in [1.807, 2.05) is 18.3 Å². The van der Waals surface area contributed by atoms with Crippen molar-refractivity contribution in [2.24, 2.45) is 0 Å². The molecule has 3 rings (SSSR count). The van der Waals surface area contributed by atoms with Gasteiger partial charge in [0.25, 0.3) is 5.91 Å². The van der Waals surface area contributed by atoms with Gasteiger partial charge in [-0.1, -0.05) is 0 Å². The van der Waals surface area contributed by atoms with Crippen molar-refractivity contribution in [1.82, 2.24) is 9.78 Å². The van der Waals surface area contributed by atoms with Crippen LogP contribution in [0.15, 0.2) is 59.3 Å². The Hall–Kier alpha value is -3.13. The van der Waals surface area contributed by atoms with E-state index in [2.05, 4.69) is 31.7 Å². The van der Waals surface area contributed by atoms with Crippen LogP contribution < -0.4 is 15.4 Å². The van der Waals surface area contributed by atoms with Crippen molar-refractivity contribution in [2.75, 3.05) is 17.7 Å². The van der Waals surface area contributed by atoms with E-state index in [0.29, 0.717) is 22.7 Å². The third-order valence-electron chi connectivity index (χ3n) is 3.71. The largest absolute Gasteiger partial charge is 0.495 e. The van der Waals surface area contributed by atoms with Gasteiger partial charge in [0, 0.05) is 24.4 Å². The van der Waals surface area contributed by atoms with E-state index in [0.717, 1.165) is 10.2 Å². The van der Waals surface area contributed by atoms with Crippen molar-refractivity contribution < 1.29 is 14.3 Å². The molecule has 3 aromatic rings. The van der Waals surface area contributed by atoms with Crippen LogP contribution in [0.25, 0.3) is 5.69 Å². The summed E-state index contributed by atoms with van der Waals surface area (Å²) in [6.45, 7) is 1.41. The fourth-order valence-electron chi connectivity index (χ4n) is 2.48. The summed E-state index contributed by atoms with van der Waals surface area (Å²) in [5.74, 6) is 0.0256. The molecular weight excluding hydrogens is 412 g/mol. The molecule has 1 aromatic heterocycles. The smallest absolute Gasteiger partial charge is 0.255 e. The van der Waals surface area contributed by atoms with Crippen molar-refractivity contribution in [3.8, 4) is 11.4 Å². The Balaban J connectivity index is 1.76. The minimum atomic E-state index is -0.262. The first-order chi connectivity index (χ1) is 13.0. The van der Waals surface area contributed by atoms with Gasteiger partial charge in [-0.3, -0.25) is 9.59 Å². The number of nitrogens with zero attached hydrogens (tertiary/aromatic N) is 2. The van der Waals surface area contributed by atoms with Crippen molar-refractivity contribution in [1.29, 1.82) is 0 Å². The zero-order chi connectivity index (χ0) is 19.4. The molecule has 138 valence electrons. The first-order valence-electron chi connectivity index (χ1n) is 8.04. The van der Waals surface area contributed by atoms with Gasteiger partial charge in [-0.2, -0.15) is 5.10 Å².